The van der Waals surface area contributed by atoms with E-state index in [0.717, 1.165) is 16.7 Å². The normalized spacial score (nSPS) is 11.6. The van der Waals surface area contributed by atoms with Gasteiger partial charge in [-0.05, 0) is 47.4 Å². The number of rotatable bonds is 12. The highest BCUT2D eigenvalue weighted by molar-refractivity contribution is 6.33. The number of aryl methyl sites for hydroxylation is 1. The fourth-order valence-corrected chi connectivity index (χ4v) is 5.56. The van der Waals surface area contributed by atoms with Gasteiger partial charge < -0.3 is 35.7 Å². The molecule has 0 spiro atoms. The summed E-state index contributed by atoms with van der Waals surface area (Å²) >= 11 is 6.53. The number of aromatic amines is 1. The molecular formula is C35H33ClN4O7. The molecule has 11 nitrogen and oxygen atoms in total. The average molecular weight is 657 g/mol. The van der Waals surface area contributed by atoms with E-state index in [1.165, 1.54) is 19.2 Å². The first-order valence-corrected chi connectivity index (χ1v) is 15.1. The van der Waals surface area contributed by atoms with Crippen molar-refractivity contribution in [2.24, 2.45) is 0 Å². The average Bonchev–Trinajstić information content (AvgIpc) is 3.05. The Kier molecular flexibility index (Phi) is 10.4. The van der Waals surface area contributed by atoms with Crippen LogP contribution in [0.25, 0.3) is 22.0 Å². The van der Waals surface area contributed by atoms with Gasteiger partial charge in [0.1, 0.15) is 11.5 Å². The van der Waals surface area contributed by atoms with Crippen molar-refractivity contribution in [2.45, 2.75) is 25.5 Å². The molecule has 2 amide bonds. The smallest absolute Gasteiger partial charge is 0.409 e. The molecule has 1 unspecified atom stereocenters. The van der Waals surface area contributed by atoms with E-state index in [9.17, 15) is 29.7 Å². The molecule has 12 heteroatoms. The van der Waals surface area contributed by atoms with E-state index < -0.39 is 12.2 Å². The molecule has 0 fully saturated rings. The van der Waals surface area contributed by atoms with E-state index in [1.807, 2.05) is 42.5 Å². The summed E-state index contributed by atoms with van der Waals surface area (Å²) in [5, 5.41) is 39.6. The van der Waals surface area contributed by atoms with E-state index in [-0.39, 0.29) is 42.2 Å². The fraction of sp³-hybridized carbons (Fsp3) is 0.171. The quantitative estimate of drug-likeness (QED) is 0.0850. The predicted molar refractivity (Wildman–Crippen MR) is 181 cm³/mol. The van der Waals surface area contributed by atoms with Crippen LogP contribution in [0.3, 0.4) is 0 Å². The van der Waals surface area contributed by atoms with Crippen LogP contribution in [0.1, 0.15) is 29.2 Å². The number of aromatic nitrogens is 1. The summed E-state index contributed by atoms with van der Waals surface area (Å²) in [4.78, 5) is 38.6. The van der Waals surface area contributed by atoms with Gasteiger partial charge in [-0.15, -0.1) is 0 Å². The third-order valence-corrected chi connectivity index (χ3v) is 7.93. The molecule has 242 valence electrons. The molecular weight excluding hydrogens is 624 g/mol. The number of benzene rings is 4. The van der Waals surface area contributed by atoms with E-state index in [0.29, 0.717) is 45.1 Å². The van der Waals surface area contributed by atoms with Crippen LogP contribution >= 0.6 is 11.6 Å². The SMILES string of the molecule is COc1cc(NC(=O)CCc2ccc(-c3ccccc3)c(NC(=O)O)c2)c(Cl)cc1CNCC(O)c1ccc(O)c2[nH]c(=O)ccc12. The first-order valence-electron chi connectivity index (χ1n) is 14.7. The maximum absolute atomic E-state index is 12.9. The standard InChI is InChI=1S/C35H33ClN4O7/c1-47-31-17-28(38-32(43)13-8-20-7-9-23(21-5-3-2-4-6-21)27(15-20)39-35(45)46)26(36)16-22(31)18-37-19-30(42)24-10-12-29(41)34-25(24)11-14-33(44)40-34/h2-7,9-12,14-17,30,37,39,41-42H,8,13,18-19H2,1H3,(H,38,43)(H,40,44)(H,45,46). The van der Waals surface area contributed by atoms with Crippen LogP contribution in [0.5, 0.6) is 11.5 Å². The zero-order valence-electron chi connectivity index (χ0n) is 25.3. The van der Waals surface area contributed by atoms with Gasteiger partial charge in [0.2, 0.25) is 11.5 Å². The van der Waals surface area contributed by atoms with Gasteiger partial charge in [-0.3, -0.25) is 14.9 Å². The first kappa shape index (κ1) is 33.0. The number of aromatic hydroxyl groups is 1. The molecule has 0 radical (unpaired) electrons. The highest BCUT2D eigenvalue weighted by atomic mass is 35.5. The molecule has 1 atom stereocenters. The fourth-order valence-electron chi connectivity index (χ4n) is 5.33. The van der Waals surface area contributed by atoms with Crippen LogP contribution < -0.4 is 26.2 Å². The maximum atomic E-state index is 12.9. The molecule has 0 bridgehead atoms. The van der Waals surface area contributed by atoms with Crippen molar-refractivity contribution in [1.82, 2.24) is 10.3 Å². The Labute approximate surface area is 274 Å². The second kappa shape index (κ2) is 14.8. The van der Waals surface area contributed by atoms with Crippen molar-refractivity contribution in [2.75, 3.05) is 24.3 Å². The number of phenols is 1. The molecule has 0 saturated carbocycles. The summed E-state index contributed by atoms with van der Waals surface area (Å²) in [6.45, 7) is 0.432. The lowest BCUT2D eigenvalue weighted by atomic mass is 9.99. The van der Waals surface area contributed by atoms with Gasteiger partial charge in [0.25, 0.3) is 0 Å². The maximum Gasteiger partial charge on any atom is 0.409 e. The van der Waals surface area contributed by atoms with Crippen LogP contribution in [-0.2, 0) is 17.8 Å². The summed E-state index contributed by atoms with van der Waals surface area (Å²) in [6, 6.07) is 24.0. The van der Waals surface area contributed by atoms with Crippen molar-refractivity contribution >= 4 is 45.9 Å². The van der Waals surface area contributed by atoms with E-state index in [2.05, 4.69) is 20.9 Å². The predicted octanol–water partition coefficient (Wildman–Crippen LogP) is 6.05. The highest BCUT2D eigenvalue weighted by Crippen LogP contribution is 2.33. The lowest BCUT2D eigenvalue weighted by Crippen LogP contribution is -2.22. The minimum Gasteiger partial charge on any atom is -0.506 e. The van der Waals surface area contributed by atoms with Crippen molar-refractivity contribution in [1.29, 1.82) is 0 Å². The third-order valence-electron chi connectivity index (χ3n) is 7.61. The number of carbonyl (C=O) groups excluding carboxylic acids is 1. The number of carbonyl (C=O) groups is 2. The summed E-state index contributed by atoms with van der Waals surface area (Å²) in [7, 11) is 1.50. The van der Waals surface area contributed by atoms with Crippen LogP contribution in [-0.4, -0.2) is 46.0 Å². The van der Waals surface area contributed by atoms with Gasteiger partial charge in [0, 0.05) is 48.2 Å². The molecule has 1 heterocycles. The van der Waals surface area contributed by atoms with Gasteiger partial charge in [0.05, 0.1) is 35.1 Å². The van der Waals surface area contributed by atoms with Crippen LogP contribution in [0.4, 0.5) is 16.2 Å². The summed E-state index contributed by atoms with van der Waals surface area (Å²) in [6.07, 6.45) is -1.65. The number of aliphatic hydroxyl groups is 1. The zero-order valence-corrected chi connectivity index (χ0v) is 26.1. The monoisotopic (exact) mass is 656 g/mol. The van der Waals surface area contributed by atoms with Crippen molar-refractivity contribution in [3.63, 3.8) is 0 Å². The van der Waals surface area contributed by atoms with Crippen molar-refractivity contribution in [3.05, 3.63) is 117 Å². The highest BCUT2D eigenvalue weighted by Gasteiger charge is 2.16. The van der Waals surface area contributed by atoms with Crippen molar-refractivity contribution in [3.8, 4) is 22.6 Å². The minimum atomic E-state index is -1.18. The van der Waals surface area contributed by atoms with Gasteiger partial charge in [-0.25, -0.2) is 4.79 Å². The second-order valence-electron chi connectivity index (χ2n) is 10.8. The molecule has 0 aliphatic rings. The number of hydrogen-bond acceptors (Lipinski definition) is 7. The zero-order chi connectivity index (χ0) is 33.5. The number of ether oxygens (including phenoxy) is 1. The molecule has 4 aromatic carbocycles. The number of carboxylic acid groups (broad SMARTS) is 1. The number of fused-ring (bicyclic) bond motifs is 1. The topological polar surface area (TPSA) is 173 Å². The molecule has 1 aromatic heterocycles. The Bertz CT molecular complexity index is 1980. The number of phenolic OH excluding ortho intramolecular Hbond substituents is 1. The summed E-state index contributed by atoms with van der Waals surface area (Å²) in [5.74, 6) is 0.0957. The molecule has 0 saturated heterocycles. The lowest BCUT2D eigenvalue weighted by molar-refractivity contribution is -0.116. The molecule has 0 aliphatic heterocycles. The Morgan fingerprint density at radius 2 is 1.74 bits per heavy atom. The number of methoxy groups -OCH3 is 1. The number of hydrogen-bond donors (Lipinski definition) is 7. The third kappa shape index (κ3) is 8.08. The number of pyridine rings is 1. The number of aliphatic hydroxyl groups excluding tert-OH is 1. The lowest BCUT2D eigenvalue weighted by Gasteiger charge is -2.17. The Balaban J connectivity index is 1.21. The number of amides is 2. The Morgan fingerprint density at radius 1 is 0.957 bits per heavy atom. The molecule has 0 aliphatic carbocycles. The minimum absolute atomic E-state index is 0.0900. The van der Waals surface area contributed by atoms with E-state index >= 15 is 0 Å². The van der Waals surface area contributed by atoms with Crippen LogP contribution in [0.2, 0.25) is 5.02 Å². The largest absolute Gasteiger partial charge is 0.506 e. The molecule has 5 rings (SSSR count). The van der Waals surface area contributed by atoms with Crippen molar-refractivity contribution < 1.29 is 29.6 Å². The van der Waals surface area contributed by atoms with E-state index in [1.54, 1.807) is 30.3 Å². The molecule has 5 aromatic rings. The number of nitrogens with one attached hydrogen (secondary N) is 4. The number of anilines is 2. The Hall–Kier alpha value is -5.36. The number of halogens is 1. The summed E-state index contributed by atoms with van der Waals surface area (Å²) in [5.41, 5.74) is 4.29. The van der Waals surface area contributed by atoms with Crippen LogP contribution in [0.15, 0.2) is 89.7 Å². The van der Waals surface area contributed by atoms with Crippen LogP contribution in [0, 0.1) is 0 Å². The van der Waals surface area contributed by atoms with Gasteiger partial charge in [0.15, 0.2) is 0 Å². The van der Waals surface area contributed by atoms with Gasteiger partial charge in [-0.2, -0.15) is 0 Å². The Morgan fingerprint density at radius 3 is 2.49 bits per heavy atom. The first-order chi connectivity index (χ1) is 22.6. The van der Waals surface area contributed by atoms with Gasteiger partial charge >= 0.3 is 6.09 Å². The molecule has 47 heavy (non-hydrogen) atoms. The van der Waals surface area contributed by atoms with E-state index in [4.69, 9.17) is 16.3 Å². The molecule has 7 N–H and O–H groups in total. The summed E-state index contributed by atoms with van der Waals surface area (Å²) < 4.78 is 5.54. The number of H-pyrrole nitrogens is 1. The second-order valence-corrected chi connectivity index (χ2v) is 11.2. The van der Waals surface area contributed by atoms with Gasteiger partial charge in [-0.1, -0.05) is 60.1 Å².